The van der Waals surface area contributed by atoms with Crippen LogP contribution in [0.4, 0.5) is 0 Å². The summed E-state index contributed by atoms with van der Waals surface area (Å²) in [6, 6.07) is 6.82. The molecule has 0 saturated heterocycles. The van der Waals surface area contributed by atoms with Crippen molar-refractivity contribution >= 4 is 32.6 Å². The highest BCUT2D eigenvalue weighted by molar-refractivity contribution is 14.1. The zero-order valence-corrected chi connectivity index (χ0v) is 12.9. The third-order valence-electron chi connectivity index (χ3n) is 2.27. The van der Waals surface area contributed by atoms with E-state index in [1.165, 1.54) is 0 Å². The molecule has 0 spiro atoms. The minimum atomic E-state index is -3.38. The summed E-state index contributed by atoms with van der Waals surface area (Å²) in [7, 11) is -3.38. The lowest BCUT2D eigenvalue weighted by molar-refractivity contribution is 0.585. The van der Waals surface area contributed by atoms with E-state index in [1.54, 1.807) is 24.3 Å². The highest BCUT2D eigenvalue weighted by Gasteiger charge is 2.11. The van der Waals surface area contributed by atoms with Crippen LogP contribution in [-0.2, 0) is 10.0 Å². The van der Waals surface area contributed by atoms with Crippen LogP contribution in [0.25, 0.3) is 0 Å². The van der Waals surface area contributed by atoms with Gasteiger partial charge >= 0.3 is 0 Å². The van der Waals surface area contributed by atoms with Crippen molar-refractivity contribution in [1.29, 1.82) is 0 Å². The normalized spacial score (nSPS) is 12.8. The van der Waals surface area contributed by atoms with Crippen molar-refractivity contribution in [2.45, 2.75) is 18.7 Å². The SMILES string of the molecule is C/C(=C\CNS(=O)(=O)c1ccc(C)cc1)CI. The van der Waals surface area contributed by atoms with Crippen molar-refractivity contribution in [2.75, 3.05) is 11.0 Å². The molecule has 94 valence electrons. The number of aryl methyl sites for hydroxylation is 1. The van der Waals surface area contributed by atoms with Crippen molar-refractivity contribution in [2.24, 2.45) is 0 Å². The number of hydrogen-bond acceptors (Lipinski definition) is 2. The highest BCUT2D eigenvalue weighted by atomic mass is 127. The fourth-order valence-corrected chi connectivity index (χ4v) is 2.46. The maximum absolute atomic E-state index is 11.9. The van der Waals surface area contributed by atoms with Crippen LogP contribution in [0.5, 0.6) is 0 Å². The average Bonchev–Trinajstić information content (AvgIpc) is 2.29. The lowest BCUT2D eigenvalue weighted by Crippen LogP contribution is -2.23. The summed E-state index contributed by atoms with van der Waals surface area (Å²) in [6.07, 6.45) is 1.89. The van der Waals surface area contributed by atoms with Gasteiger partial charge in [0.05, 0.1) is 4.90 Å². The number of hydrogen-bond donors (Lipinski definition) is 1. The molecule has 0 amide bonds. The number of benzene rings is 1. The minimum absolute atomic E-state index is 0.309. The fraction of sp³-hybridized carbons (Fsp3) is 0.333. The summed E-state index contributed by atoms with van der Waals surface area (Å²) < 4.78 is 27.2. The van der Waals surface area contributed by atoms with Crippen LogP contribution in [0.1, 0.15) is 12.5 Å². The zero-order chi connectivity index (χ0) is 12.9. The Morgan fingerprint density at radius 1 is 1.35 bits per heavy atom. The van der Waals surface area contributed by atoms with Gasteiger partial charge in [0.25, 0.3) is 0 Å². The van der Waals surface area contributed by atoms with Gasteiger partial charge in [-0.05, 0) is 26.0 Å². The van der Waals surface area contributed by atoms with Gasteiger partial charge in [0, 0.05) is 11.0 Å². The Bertz CT molecular complexity index is 492. The molecule has 0 radical (unpaired) electrons. The van der Waals surface area contributed by atoms with E-state index in [0.29, 0.717) is 11.4 Å². The van der Waals surface area contributed by atoms with E-state index in [0.717, 1.165) is 15.6 Å². The van der Waals surface area contributed by atoms with E-state index in [-0.39, 0.29) is 0 Å². The van der Waals surface area contributed by atoms with E-state index in [1.807, 2.05) is 19.9 Å². The van der Waals surface area contributed by atoms with E-state index in [9.17, 15) is 8.42 Å². The lowest BCUT2D eigenvalue weighted by atomic mass is 10.2. The molecular weight excluding hydrogens is 349 g/mol. The van der Waals surface area contributed by atoms with Gasteiger partial charge < -0.3 is 0 Å². The first-order chi connectivity index (χ1) is 7.95. The van der Waals surface area contributed by atoms with Crippen molar-refractivity contribution < 1.29 is 8.42 Å². The smallest absolute Gasteiger partial charge is 0.207 e. The first-order valence-corrected chi connectivity index (χ1v) is 8.24. The fourth-order valence-electron chi connectivity index (χ4n) is 1.18. The number of alkyl halides is 1. The second-order valence-corrected chi connectivity index (χ2v) is 6.38. The Morgan fingerprint density at radius 2 is 1.94 bits per heavy atom. The van der Waals surface area contributed by atoms with E-state index in [2.05, 4.69) is 27.3 Å². The molecule has 1 rings (SSSR count). The molecule has 1 N–H and O–H groups in total. The van der Waals surface area contributed by atoms with Crippen LogP contribution in [-0.4, -0.2) is 19.4 Å². The Labute approximate surface area is 117 Å². The van der Waals surface area contributed by atoms with Crippen LogP contribution in [0, 0.1) is 6.92 Å². The molecule has 1 aromatic rings. The standard InChI is InChI=1S/C12H16INO2S/c1-10-3-5-12(6-4-10)17(15,16)14-8-7-11(2)9-13/h3-7,14H,8-9H2,1-2H3/b11-7+. The van der Waals surface area contributed by atoms with Gasteiger partial charge in [0.2, 0.25) is 10.0 Å². The van der Waals surface area contributed by atoms with Crippen LogP contribution < -0.4 is 4.72 Å². The molecule has 0 fully saturated rings. The maximum atomic E-state index is 11.9. The summed E-state index contributed by atoms with van der Waals surface area (Å²) in [5.41, 5.74) is 2.21. The third kappa shape index (κ3) is 4.77. The van der Waals surface area contributed by atoms with Gasteiger partial charge in [-0.2, -0.15) is 0 Å². The Morgan fingerprint density at radius 3 is 2.47 bits per heavy atom. The molecule has 5 heteroatoms. The van der Waals surface area contributed by atoms with Crippen molar-refractivity contribution in [1.82, 2.24) is 4.72 Å². The number of allylic oxidation sites excluding steroid dienone is 1. The van der Waals surface area contributed by atoms with Gasteiger partial charge in [-0.3, -0.25) is 0 Å². The van der Waals surface area contributed by atoms with Crippen molar-refractivity contribution in [3.05, 3.63) is 41.5 Å². The summed E-state index contributed by atoms with van der Waals surface area (Å²) in [6.45, 7) is 4.24. The van der Waals surface area contributed by atoms with Gasteiger partial charge in [-0.15, -0.1) is 0 Å². The number of rotatable bonds is 5. The Hall–Kier alpha value is -0.400. The molecule has 17 heavy (non-hydrogen) atoms. The van der Waals surface area contributed by atoms with Gasteiger partial charge in [0.1, 0.15) is 0 Å². The molecule has 0 aliphatic heterocycles. The maximum Gasteiger partial charge on any atom is 0.240 e. The van der Waals surface area contributed by atoms with E-state index in [4.69, 9.17) is 0 Å². The number of halogens is 1. The second kappa shape index (κ2) is 6.51. The molecule has 0 heterocycles. The quantitative estimate of drug-likeness (QED) is 0.496. The molecule has 1 aromatic carbocycles. The predicted molar refractivity (Wildman–Crippen MR) is 79.0 cm³/mol. The zero-order valence-electron chi connectivity index (χ0n) is 9.90. The monoisotopic (exact) mass is 365 g/mol. The number of nitrogens with one attached hydrogen (secondary N) is 1. The van der Waals surface area contributed by atoms with Crippen molar-refractivity contribution in [3.8, 4) is 0 Å². The highest BCUT2D eigenvalue weighted by Crippen LogP contribution is 2.09. The van der Waals surface area contributed by atoms with Gasteiger partial charge in [-0.25, -0.2) is 13.1 Å². The number of sulfonamides is 1. The van der Waals surface area contributed by atoms with Gasteiger partial charge in [0.15, 0.2) is 0 Å². The largest absolute Gasteiger partial charge is 0.240 e. The first kappa shape index (κ1) is 14.7. The molecule has 0 atom stereocenters. The molecule has 3 nitrogen and oxygen atoms in total. The van der Waals surface area contributed by atoms with Crippen LogP contribution in [0.15, 0.2) is 40.8 Å². The van der Waals surface area contributed by atoms with Crippen LogP contribution >= 0.6 is 22.6 Å². The van der Waals surface area contributed by atoms with E-state index >= 15 is 0 Å². The molecule has 0 saturated carbocycles. The topological polar surface area (TPSA) is 46.2 Å². The summed E-state index contributed by atoms with van der Waals surface area (Å²) in [4.78, 5) is 0.309. The summed E-state index contributed by atoms with van der Waals surface area (Å²) >= 11 is 2.24. The first-order valence-electron chi connectivity index (χ1n) is 5.23. The lowest BCUT2D eigenvalue weighted by Gasteiger charge is -2.05. The Balaban J connectivity index is 2.73. The molecule has 0 aliphatic carbocycles. The molecule has 0 unspecified atom stereocenters. The van der Waals surface area contributed by atoms with E-state index < -0.39 is 10.0 Å². The summed E-state index contributed by atoms with van der Waals surface area (Å²) in [5, 5.41) is 0. The average molecular weight is 365 g/mol. The van der Waals surface area contributed by atoms with Crippen molar-refractivity contribution in [3.63, 3.8) is 0 Å². The third-order valence-corrected chi connectivity index (χ3v) is 4.91. The molecular formula is C12H16INO2S. The Kier molecular flexibility index (Phi) is 5.61. The second-order valence-electron chi connectivity index (χ2n) is 3.85. The van der Waals surface area contributed by atoms with Gasteiger partial charge in [-0.1, -0.05) is 51.9 Å². The van der Waals surface area contributed by atoms with Crippen LogP contribution in [0.3, 0.4) is 0 Å². The summed E-state index contributed by atoms with van der Waals surface area (Å²) in [5.74, 6) is 0. The predicted octanol–water partition coefficient (Wildman–Crippen LogP) is 2.65. The minimum Gasteiger partial charge on any atom is -0.207 e. The molecule has 0 bridgehead atoms. The molecule has 0 aromatic heterocycles. The molecule has 0 aliphatic rings. The van der Waals surface area contributed by atoms with Crippen LogP contribution in [0.2, 0.25) is 0 Å².